The molecule has 0 bridgehead atoms. The summed E-state index contributed by atoms with van der Waals surface area (Å²) < 4.78 is 0. The van der Waals surface area contributed by atoms with Crippen LogP contribution in [0.4, 0.5) is 0 Å². The van der Waals surface area contributed by atoms with Crippen LogP contribution in [0.15, 0.2) is 24.3 Å². The highest BCUT2D eigenvalue weighted by Gasteiger charge is 2.14. The van der Waals surface area contributed by atoms with E-state index < -0.39 is 0 Å². The van der Waals surface area contributed by atoms with Crippen molar-refractivity contribution in [3.8, 4) is 5.75 Å². The maximum atomic E-state index is 5.73. The normalized spacial score (nSPS) is 17.1. The second-order valence-electron chi connectivity index (χ2n) is 2.83. The van der Waals surface area contributed by atoms with Crippen molar-refractivity contribution in [1.82, 2.24) is 5.06 Å². The predicted molar refractivity (Wildman–Crippen MR) is 48.3 cm³/mol. The molecule has 2 nitrogen and oxygen atoms in total. The van der Waals surface area contributed by atoms with Crippen LogP contribution < -0.4 is 4.84 Å². The number of rotatable bonds is 2. The first kappa shape index (κ1) is 7.90. The Kier molecular flexibility index (Phi) is 2.19. The molecule has 0 spiro atoms. The van der Waals surface area contributed by atoms with E-state index in [0.29, 0.717) is 0 Å². The topological polar surface area (TPSA) is 12.5 Å². The summed E-state index contributed by atoms with van der Waals surface area (Å²) in [6.07, 6.45) is 1.23. The van der Waals surface area contributed by atoms with Gasteiger partial charge in [-0.3, -0.25) is 0 Å². The van der Waals surface area contributed by atoms with Crippen molar-refractivity contribution in [3.63, 3.8) is 0 Å². The lowest BCUT2D eigenvalue weighted by Crippen LogP contribution is -2.39. The zero-order chi connectivity index (χ0) is 8.39. The summed E-state index contributed by atoms with van der Waals surface area (Å²) in [6, 6.07) is 7.41. The van der Waals surface area contributed by atoms with Gasteiger partial charge in [0.15, 0.2) is 0 Å². The van der Waals surface area contributed by atoms with Crippen molar-refractivity contribution in [2.45, 2.75) is 6.42 Å². The summed E-state index contributed by atoms with van der Waals surface area (Å²) >= 11 is 5.73. The Hall–Kier alpha value is -0.730. The van der Waals surface area contributed by atoms with Gasteiger partial charge in [-0.05, 0) is 30.7 Å². The maximum Gasteiger partial charge on any atom is 0.147 e. The molecule has 1 aromatic carbocycles. The Bertz CT molecular complexity index is 256. The van der Waals surface area contributed by atoms with Gasteiger partial charge < -0.3 is 4.84 Å². The van der Waals surface area contributed by atoms with Crippen molar-refractivity contribution in [3.05, 3.63) is 29.3 Å². The zero-order valence-electron chi connectivity index (χ0n) is 6.66. The van der Waals surface area contributed by atoms with Gasteiger partial charge in [-0.1, -0.05) is 11.6 Å². The first-order valence-electron chi connectivity index (χ1n) is 4.03. The molecule has 2 rings (SSSR count). The van der Waals surface area contributed by atoms with Crippen LogP contribution in [-0.4, -0.2) is 18.2 Å². The van der Waals surface area contributed by atoms with Crippen LogP contribution in [0.2, 0.25) is 5.02 Å². The lowest BCUT2D eigenvalue weighted by atomic mass is 10.3. The fraction of sp³-hybridized carbons (Fsp3) is 0.333. The molecule has 0 N–H and O–H groups in total. The van der Waals surface area contributed by atoms with Gasteiger partial charge in [-0.25, -0.2) is 0 Å². The van der Waals surface area contributed by atoms with Gasteiger partial charge in [-0.2, -0.15) is 0 Å². The molecule has 1 aliphatic rings. The first-order chi connectivity index (χ1) is 5.84. The van der Waals surface area contributed by atoms with Gasteiger partial charge in [0.1, 0.15) is 5.75 Å². The molecule has 0 aliphatic carbocycles. The van der Waals surface area contributed by atoms with Gasteiger partial charge >= 0.3 is 0 Å². The smallest absolute Gasteiger partial charge is 0.147 e. The lowest BCUT2D eigenvalue weighted by Gasteiger charge is -2.29. The summed E-state index contributed by atoms with van der Waals surface area (Å²) in [6.45, 7) is 2.06. The highest BCUT2D eigenvalue weighted by Crippen LogP contribution is 2.18. The van der Waals surface area contributed by atoms with Gasteiger partial charge in [0, 0.05) is 18.1 Å². The third-order valence-electron chi connectivity index (χ3n) is 1.86. The second kappa shape index (κ2) is 3.33. The van der Waals surface area contributed by atoms with Crippen molar-refractivity contribution in [1.29, 1.82) is 0 Å². The molecule has 12 heavy (non-hydrogen) atoms. The molecule has 0 unspecified atom stereocenters. The van der Waals surface area contributed by atoms with Crippen molar-refractivity contribution in [2.75, 3.05) is 13.1 Å². The van der Waals surface area contributed by atoms with Crippen molar-refractivity contribution >= 4 is 11.6 Å². The number of halogens is 1. The van der Waals surface area contributed by atoms with E-state index in [0.717, 1.165) is 23.9 Å². The quantitative estimate of drug-likeness (QED) is 0.698. The first-order valence-corrected chi connectivity index (χ1v) is 4.41. The summed E-state index contributed by atoms with van der Waals surface area (Å²) in [7, 11) is 0. The predicted octanol–water partition coefficient (Wildman–Crippen LogP) is 2.34. The number of benzene rings is 1. The minimum absolute atomic E-state index is 0.742. The van der Waals surface area contributed by atoms with E-state index in [9.17, 15) is 0 Å². The molecule has 0 radical (unpaired) electrons. The summed E-state index contributed by atoms with van der Waals surface area (Å²) in [5.74, 6) is 0.860. The van der Waals surface area contributed by atoms with E-state index >= 15 is 0 Å². The van der Waals surface area contributed by atoms with Crippen molar-refractivity contribution < 1.29 is 4.84 Å². The molecule has 1 fully saturated rings. The summed E-state index contributed by atoms with van der Waals surface area (Å²) in [4.78, 5) is 5.48. The van der Waals surface area contributed by atoms with E-state index in [4.69, 9.17) is 16.4 Å². The van der Waals surface area contributed by atoms with Crippen LogP contribution in [0.25, 0.3) is 0 Å². The molecule has 0 saturated carbocycles. The van der Waals surface area contributed by atoms with Gasteiger partial charge in [-0.15, -0.1) is 5.06 Å². The summed E-state index contributed by atoms with van der Waals surface area (Å²) in [5, 5.41) is 2.68. The number of hydroxylamine groups is 2. The fourth-order valence-electron chi connectivity index (χ4n) is 1.02. The van der Waals surface area contributed by atoms with Crippen LogP contribution in [0, 0.1) is 0 Å². The van der Waals surface area contributed by atoms with E-state index in [2.05, 4.69) is 0 Å². The molecule has 3 heteroatoms. The molecule has 1 heterocycles. The third-order valence-corrected chi connectivity index (χ3v) is 2.12. The average Bonchev–Trinajstić information content (AvgIpc) is 2.00. The Morgan fingerprint density at radius 3 is 2.33 bits per heavy atom. The molecule has 64 valence electrons. The van der Waals surface area contributed by atoms with Crippen molar-refractivity contribution in [2.24, 2.45) is 0 Å². The summed E-state index contributed by atoms with van der Waals surface area (Å²) in [5.41, 5.74) is 0. The van der Waals surface area contributed by atoms with Crippen LogP contribution in [-0.2, 0) is 0 Å². The SMILES string of the molecule is Clc1ccc(ON2CCC2)cc1. The fourth-order valence-corrected chi connectivity index (χ4v) is 1.15. The van der Waals surface area contributed by atoms with E-state index in [1.807, 2.05) is 29.3 Å². The van der Waals surface area contributed by atoms with E-state index in [1.54, 1.807) is 0 Å². The molecule has 1 aliphatic heterocycles. The largest absolute Gasteiger partial charge is 0.406 e. The number of hydrogen-bond acceptors (Lipinski definition) is 2. The molecule has 0 atom stereocenters. The Morgan fingerprint density at radius 2 is 1.83 bits per heavy atom. The number of nitrogens with zero attached hydrogens (tertiary/aromatic N) is 1. The minimum Gasteiger partial charge on any atom is -0.406 e. The Balaban J connectivity index is 1.98. The standard InChI is InChI=1S/C9H10ClNO/c10-8-2-4-9(5-3-8)12-11-6-1-7-11/h2-5H,1,6-7H2. The van der Waals surface area contributed by atoms with Gasteiger partial charge in [0.25, 0.3) is 0 Å². The molecule has 1 aromatic rings. The minimum atomic E-state index is 0.742. The van der Waals surface area contributed by atoms with Gasteiger partial charge in [0.2, 0.25) is 0 Å². The van der Waals surface area contributed by atoms with E-state index in [1.165, 1.54) is 6.42 Å². The molecule has 0 amide bonds. The van der Waals surface area contributed by atoms with Gasteiger partial charge in [0.05, 0.1) is 0 Å². The van der Waals surface area contributed by atoms with Crippen LogP contribution >= 0.6 is 11.6 Å². The highest BCUT2D eigenvalue weighted by atomic mass is 35.5. The number of hydrogen-bond donors (Lipinski definition) is 0. The highest BCUT2D eigenvalue weighted by molar-refractivity contribution is 6.30. The van der Waals surface area contributed by atoms with E-state index in [-0.39, 0.29) is 0 Å². The van der Waals surface area contributed by atoms with Crippen LogP contribution in [0.3, 0.4) is 0 Å². The Labute approximate surface area is 76.7 Å². The van der Waals surface area contributed by atoms with Crippen LogP contribution in [0.1, 0.15) is 6.42 Å². The molecule has 0 aromatic heterocycles. The monoisotopic (exact) mass is 183 g/mol. The lowest BCUT2D eigenvalue weighted by molar-refractivity contribution is -0.107. The zero-order valence-corrected chi connectivity index (χ0v) is 7.42. The third kappa shape index (κ3) is 1.71. The van der Waals surface area contributed by atoms with Crippen LogP contribution in [0.5, 0.6) is 5.75 Å². The maximum absolute atomic E-state index is 5.73. The second-order valence-corrected chi connectivity index (χ2v) is 3.26. The molecule has 1 saturated heterocycles. The molecular formula is C9H10ClNO. The average molecular weight is 184 g/mol. The molecular weight excluding hydrogens is 174 g/mol. The Morgan fingerprint density at radius 1 is 1.17 bits per heavy atom.